The van der Waals surface area contributed by atoms with Crippen LogP contribution in [0.3, 0.4) is 0 Å². The second-order valence-electron chi connectivity index (χ2n) is 9.24. The molecule has 6 nitrogen and oxygen atoms in total. The predicted molar refractivity (Wildman–Crippen MR) is 122 cm³/mol. The molecule has 0 saturated carbocycles. The highest BCUT2D eigenvalue weighted by Gasteiger charge is 2.60. The summed E-state index contributed by atoms with van der Waals surface area (Å²) in [5.74, 6) is 0.384. The standard InChI is InChI=1S/C25H31N3O3/c1-14(2)10-18-13-21(23(29)26-17-6-8-19(31-5)9-7-17)25(28-18)20-12-15(3)11-16(4)22(20)27-24(25)30/h6-9,11-12,14,18,21,28H,10,13H2,1-5H3,(H,26,29)(H,27,30)/t18-,21+,25-/m0/s1. The van der Waals surface area contributed by atoms with Crippen LogP contribution in [-0.2, 0) is 15.1 Å². The molecule has 2 heterocycles. The molecule has 0 radical (unpaired) electrons. The first-order chi connectivity index (χ1) is 14.7. The number of amides is 2. The summed E-state index contributed by atoms with van der Waals surface area (Å²) in [5.41, 5.74) is 3.44. The molecule has 1 spiro atoms. The van der Waals surface area contributed by atoms with Crippen molar-refractivity contribution in [2.24, 2.45) is 11.8 Å². The molecule has 0 aliphatic carbocycles. The Balaban J connectivity index is 1.72. The maximum Gasteiger partial charge on any atom is 0.250 e. The van der Waals surface area contributed by atoms with Crippen molar-refractivity contribution in [1.82, 2.24) is 5.32 Å². The highest BCUT2D eigenvalue weighted by molar-refractivity contribution is 6.11. The minimum absolute atomic E-state index is 0.0872. The van der Waals surface area contributed by atoms with Crippen LogP contribution >= 0.6 is 0 Å². The van der Waals surface area contributed by atoms with Gasteiger partial charge in [0.1, 0.15) is 11.3 Å². The Morgan fingerprint density at radius 1 is 1.23 bits per heavy atom. The molecule has 0 bridgehead atoms. The third-order valence-electron chi connectivity index (χ3n) is 6.41. The van der Waals surface area contributed by atoms with E-state index in [1.165, 1.54) is 0 Å². The molecular formula is C25H31N3O3. The van der Waals surface area contributed by atoms with Crippen LogP contribution in [0.25, 0.3) is 0 Å². The van der Waals surface area contributed by atoms with Crippen LogP contribution < -0.4 is 20.7 Å². The lowest BCUT2D eigenvalue weighted by Gasteiger charge is -2.29. The number of nitrogens with one attached hydrogen (secondary N) is 3. The van der Waals surface area contributed by atoms with Crippen molar-refractivity contribution in [2.45, 2.75) is 52.1 Å². The van der Waals surface area contributed by atoms with Gasteiger partial charge < -0.3 is 15.4 Å². The fourth-order valence-corrected chi connectivity index (χ4v) is 5.14. The van der Waals surface area contributed by atoms with Gasteiger partial charge in [0, 0.05) is 23.0 Å². The van der Waals surface area contributed by atoms with Gasteiger partial charge in [-0.3, -0.25) is 14.9 Å². The lowest BCUT2D eigenvalue weighted by atomic mass is 9.78. The predicted octanol–water partition coefficient (Wildman–Crippen LogP) is 4.12. The fourth-order valence-electron chi connectivity index (χ4n) is 5.14. The van der Waals surface area contributed by atoms with E-state index >= 15 is 0 Å². The van der Waals surface area contributed by atoms with Crippen LogP contribution in [0.2, 0.25) is 0 Å². The van der Waals surface area contributed by atoms with Crippen LogP contribution in [0.5, 0.6) is 5.75 Å². The Hall–Kier alpha value is -2.86. The molecular weight excluding hydrogens is 390 g/mol. The van der Waals surface area contributed by atoms with E-state index in [0.29, 0.717) is 18.0 Å². The zero-order valence-electron chi connectivity index (χ0n) is 18.8. The van der Waals surface area contributed by atoms with Crippen LogP contribution in [0.4, 0.5) is 11.4 Å². The fraction of sp³-hybridized carbons (Fsp3) is 0.440. The van der Waals surface area contributed by atoms with E-state index < -0.39 is 11.5 Å². The number of benzene rings is 2. The summed E-state index contributed by atoms with van der Waals surface area (Å²) in [6.45, 7) is 8.35. The van der Waals surface area contributed by atoms with Crippen molar-refractivity contribution in [3.8, 4) is 5.75 Å². The lowest BCUT2D eigenvalue weighted by molar-refractivity contribution is -0.130. The van der Waals surface area contributed by atoms with Gasteiger partial charge >= 0.3 is 0 Å². The number of ether oxygens (including phenoxy) is 1. The molecule has 1 saturated heterocycles. The largest absolute Gasteiger partial charge is 0.497 e. The van der Waals surface area contributed by atoms with Gasteiger partial charge in [-0.05, 0) is 62.4 Å². The molecule has 2 aromatic carbocycles. The van der Waals surface area contributed by atoms with E-state index in [1.54, 1.807) is 7.11 Å². The van der Waals surface area contributed by atoms with Crippen LogP contribution in [0.1, 0.15) is 43.4 Å². The van der Waals surface area contributed by atoms with E-state index in [0.717, 1.165) is 34.5 Å². The van der Waals surface area contributed by atoms with Crippen molar-refractivity contribution in [3.63, 3.8) is 0 Å². The molecule has 1 fully saturated rings. The number of rotatable bonds is 5. The third-order valence-corrected chi connectivity index (χ3v) is 6.41. The Morgan fingerprint density at radius 2 is 1.94 bits per heavy atom. The average Bonchev–Trinajstić information content (AvgIpc) is 3.22. The summed E-state index contributed by atoms with van der Waals surface area (Å²) in [5, 5.41) is 9.69. The lowest BCUT2D eigenvalue weighted by Crippen LogP contribution is -2.52. The first kappa shape index (κ1) is 21.4. The highest BCUT2D eigenvalue weighted by Crippen LogP contribution is 2.49. The van der Waals surface area contributed by atoms with Gasteiger partial charge in [-0.2, -0.15) is 0 Å². The van der Waals surface area contributed by atoms with Gasteiger partial charge in [0.2, 0.25) is 11.8 Å². The number of anilines is 2. The first-order valence-corrected chi connectivity index (χ1v) is 10.9. The molecule has 2 amide bonds. The molecule has 3 atom stereocenters. The summed E-state index contributed by atoms with van der Waals surface area (Å²) in [4.78, 5) is 27.0. The molecule has 164 valence electrons. The second-order valence-corrected chi connectivity index (χ2v) is 9.24. The molecule has 4 rings (SSSR count). The number of hydrogen-bond acceptors (Lipinski definition) is 4. The number of aryl methyl sites for hydroxylation is 2. The van der Waals surface area contributed by atoms with Crippen molar-refractivity contribution in [2.75, 3.05) is 17.7 Å². The molecule has 0 aromatic heterocycles. The van der Waals surface area contributed by atoms with Gasteiger partial charge in [-0.25, -0.2) is 0 Å². The Kier molecular flexibility index (Phi) is 5.52. The molecule has 0 unspecified atom stereocenters. The summed E-state index contributed by atoms with van der Waals surface area (Å²) in [7, 11) is 1.61. The van der Waals surface area contributed by atoms with Crippen molar-refractivity contribution in [1.29, 1.82) is 0 Å². The van der Waals surface area contributed by atoms with Crippen molar-refractivity contribution >= 4 is 23.2 Å². The van der Waals surface area contributed by atoms with Gasteiger partial charge in [-0.1, -0.05) is 31.5 Å². The quantitative estimate of drug-likeness (QED) is 0.678. The minimum Gasteiger partial charge on any atom is -0.497 e. The number of carbonyl (C=O) groups excluding carboxylic acids is 2. The Labute approximate surface area is 183 Å². The number of carbonyl (C=O) groups is 2. The Morgan fingerprint density at radius 3 is 2.58 bits per heavy atom. The maximum absolute atomic E-state index is 13.5. The normalized spacial score (nSPS) is 24.4. The van der Waals surface area contributed by atoms with Crippen molar-refractivity contribution < 1.29 is 14.3 Å². The summed E-state index contributed by atoms with van der Waals surface area (Å²) in [6, 6.07) is 11.4. The van der Waals surface area contributed by atoms with Crippen LogP contribution in [0, 0.1) is 25.7 Å². The van der Waals surface area contributed by atoms with Gasteiger partial charge in [0.05, 0.1) is 13.0 Å². The molecule has 2 aromatic rings. The molecule has 2 aliphatic rings. The van der Waals surface area contributed by atoms with Gasteiger partial charge in [0.25, 0.3) is 0 Å². The van der Waals surface area contributed by atoms with Crippen molar-refractivity contribution in [3.05, 3.63) is 53.1 Å². The summed E-state index contributed by atoms with van der Waals surface area (Å²) < 4.78 is 5.20. The summed E-state index contributed by atoms with van der Waals surface area (Å²) >= 11 is 0. The Bertz CT molecular complexity index is 1020. The smallest absolute Gasteiger partial charge is 0.250 e. The topological polar surface area (TPSA) is 79.5 Å². The zero-order chi connectivity index (χ0) is 22.3. The van der Waals surface area contributed by atoms with Crippen LogP contribution in [0.15, 0.2) is 36.4 Å². The third kappa shape index (κ3) is 3.69. The highest BCUT2D eigenvalue weighted by atomic mass is 16.5. The van der Waals surface area contributed by atoms with E-state index in [2.05, 4.69) is 35.9 Å². The number of hydrogen-bond donors (Lipinski definition) is 3. The van der Waals surface area contributed by atoms with Gasteiger partial charge in [0.15, 0.2) is 0 Å². The molecule has 6 heteroatoms. The number of fused-ring (bicyclic) bond motifs is 2. The van der Waals surface area contributed by atoms with E-state index in [9.17, 15) is 9.59 Å². The van der Waals surface area contributed by atoms with E-state index in [4.69, 9.17) is 4.74 Å². The first-order valence-electron chi connectivity index (χ1n) is 10.9. The SMILES string of the molecule is COc1ccc(NC(=O)[C@H]2C[C@H](CC(C)C)N[C@]23C(=O)Nc2c(C)cc(C)cc23)cc1. The second kappa shape index (κ2) is 8.00. The van der Waals surface area contributed by atoms with E-state index in [1.807, 2.05) is 44.2 Å². The molecule has 3 N–H and O–H groups in total. The van der Waals surface area contributed by atoms with E-state index in [-0.39, 0.29) is 17.9 Å². The average molecular weight is 422 g/mol. The monoisotopic (exact) mass is 421 g/mol. The van der Waals surface area contributed by atoms with Gasteiger partial charge in [-0.15, -0.1) is 0 Å². The zero-order valence-corrected chi connectivity index (χ0v) is 18.8. The minimum atomic E-state index is -1.05. The molecule has 31 heavy (non-hydrogen) atoms. The van der Waals surface area contributed by atoms with Crippen LogP contribution in [-0.4, -0.2) is 25.0 Å². The molecule has 2 aliphatic heterocycles. The number of methoxy groups -OCH3 is 1. The summed E-state index contributed by atoms with van der Waals surface area (Å²) in [6.07, 6.45) is 1.52. The maximum atomic E-state index is 13.5.